The molecule has 0 spiro atoms. The van der Waals surface area contributed by atoms with Crippen LogP contribution in [0.4, 0.5) is 0 Å². The van der Waals surface area contributed by atoms with E-state index in [1.54, 1.807) is 0 Å². The summed E-state index contributed by atoms with van der Waals surface area (Å²) in [6.07, 6.45) is 7.30. The van der Waals surface area contributed by atoms with Crippen molar-refractivity contribution >= 4 is 42.8 Å². The normalized spacial score (nSPS) is 15.6. The van der Waals surface area contributed by atoms with E-state index in [9.17, 15) is 0 Å². The molecule has 0 aliphatic heterocycles. The average Bonchev–Trinajstić information content (AvgIpc) is 2.83. The maximum absolute atomic E-state index is 5.46. The Morgan fingerprint density at radius 2 is 1.50 bits per heavy atom. The van der Waals surface area contributed by atoms with Gasteiger partial charge in [0.25, 0.3) is 0 Å². The van der Waals surface area contributed by atoms with Crippen molar-refractivity contribution in [1.82, 2.24) is 4.98 Å². The highest BCUT2D eigenvalue weighted by atomic mass is 28.2. The molecular formula is C27H22NOSi. The van der Waals surface area contributed by atoms with Crippen molar-refractivity contribution in [3.8, 4) is 0 Å². The van der Waals surface area contributed by atoms with E-state index in [4.69, 9.17) is 4.43 Å². The van der Waals surface area contributed by atoms with Gasteiger partial charge in [0.05, 0.1) is 6.10 Å². The van der Waals surface area contributed by atoms with Crippen LogP contribution in [0.15, 0.2) is 91.3 Å². The minimum Gasteiger partial charge on any atom is -0.412 e. The standard InChI is InChI=1S/C18H15OSi.C9H7N/c20-19-18-7-3-6-14-16-9-8-12-4-1-2-5-13(12)15(16)10-11-17(14)18;1-2-4-9-7-10-6-5-8(9)3-1/h1-2,4-5,8-11,18H,3,6-7H2;1-7H. The monoisotopic (exact) mass is 404 g/mol. The number of pyridine rings is 1. The van der Waals surface area contributed by atoms with Gasteiger partial charge in [-0.1, -0.05) is 72.8 Å². The first kappa shape index (κ1) is 19.0. The largest absolute Gasteiger partial charge is 0.412 e. The molecule has 4 aromatic carbocycles. The number of hydrogen-bond donors (Lipinski definition) is 0. The fourth-order valence-electron chi connectivity index (χ4n) is 4.52. The maximum Gasteiger partial charge on any atom is 0.247 e. The number of nitrogens with zero attached hydrogens (tertiary/aromatic N) is 1. The van der Waals surface area contributed by atoms with Gasteiger partial charge in [-0.25, -0.2) is 0 Å². The topological polar surface area (TPSA) is 22.1 Å². The molecule has 1 aliphatic rings. The van der Waals surface area contributed by atoms with E-state index >= 15 is 0 Å². The minimum absolute atomic E-state index is 0.186. The molecule has 0 fully saturated rings. The lowest BCUT2D eigenvalue weighted by Gasteiger charge is -2.26. The van der Waals surface area contributed by atoms with Gasteiger partial charge in [0.1, 0.15) is 0 Å². The average molecular weight is 405 g/mol. The smallest absolute Gasteiger partial charge is 0.247 e. The summed E-state index contributed by atoms with van der Waals surface area (Å²) in [7, 11) is 3.24. The second kappa shape index (κ2) is 8.39. The minimum atomic E-state index is 0.186. The van der Waals surface area contributed by atoms with Crippen LogP contribution >= 0.6 is 0 Å². The lowest BCUT2D eigenvalue weighted by molar-refractivity contribution is 0.202. The van der Waals surface area contributed by atoms with Gasteiger partial charge in [-0.05, 0) is 68.8 Å². The van der Waals surface area contributed by atoms with Gasteiger partial charge < -0.3 is 4.43 Å². The Labute approximate surface area is 180 Å². The third-order valence-electron chi connectivity index (χ3n) is 6.01. The molecule has 2 nitrogen and oxygen atoms in total. The lowest BCUT2D eigenvalue weighted by atomic mass is 9.85. The third kappa shape index (κ3) is 3.51. The van der Waals surface area contributed by atoms with Crippen LogP contribution in [0.1, 0.15) is 30.1 Å². The van der Waals surface area contributed by atoms with Gasteiger partial charge in [0.2, 0.25) is 10.5 Å². The van der Waals surface area contributed by atoms with Crippen molar-refractivity contribution < 1.29 is 4.43 Å². The first-order valence-electron chi connectivity index (χ1n) is 10.4. The van der Waals surface area contributed by atoms with E-state index in [1.165, 1.54) is 49.9 Å². The first-order chi connectivity index (χ1) is 14.8. The molecule has 0 amide bonds. The van der Waals surface area contributed by atoms with Crippen molar-refractivity contribution in [2.24, 2.45) is 0 Å². The van der Waals surface area contributed by atoms with Crippen LogP contribution in [0.5, 0.6) is 0 Å². The molecule has 6 rings (SSSR count). The van der Waals surface area contributed by atoms with Crippen LogP contribution in [0, 0.1) is 0 Å². The Kier molecular flexibility index (Phi) is 5.31. The zero-order chi connectivity index (χ0) is 20.3. The van der Waals surface area contributed by atoms with Crippen molar-refractivity contribution in [3.05, 3.63) is 102 Å². The first-order valence-corrected chi connectivity index (χ1v) is 10.8. The lowest BCUT2D eigenvalue weighted by Crippen LogP contribution is -2.12. The Balaban J connectivity index is 0.000000161. The van der Waals surface area contributed by atoms with E-state index in [0.717, 1.165) is 12.8 Å². The van der Waals surface area contributed by atoms with Crippen molar-refractivity contribution in [1.29, 1.82) is 0 Å². The van der Waals surface area contributed by atoms with Gasteiger partial charge >= 0.3 is 0 Å². The van der Waals surface area contributed by atoms with E-state index in [1.807, 2.05) is 30.6 Å². The van der Waals surface area contributed by atoms with Gasteiger partial charge in [-0.2, -0.15) is 0 Å². The van der Waals surface area contributed by atoms with Crippen LogP contribution in [0.2, 0.25) is 0 Å². The zero-order valence-electron chi connectivity index (χ0n) is 16.7. The SMILES string of the molecule is [Si]OC1CCCc2c1ccc1c2ccc2ccccc21.c1ccc2cnccc2c1. The maximum atomic E-state index is 5.46. The quantitative estimate of drug-likeness (QED) is 0.229. The van der Waals surface area contributed by atoms with E-state index in [2.05, 4.69) is 76.1 Å². The molecule has 0 saturated heterocycles. The predicted octanol–water partition coefficient (Wildman–Crippen LogP) is 6.71. The Morgan fingerprint density at radius 1 is 0.733 bits per heavy atom. The number of rotatable bonds is 1. The molecule has 1 aromatic heterocycles. The molecular weight excluding hydrogens is 382 g/mol. The molecule has 3 radical (unpaired) electrons. The van der Waals surface area contributed by atoms with Gasteiger partial charge in [-0.15, -0.1) is 0 Å². The van der Waals surface area contributed by atoms with Crippen molar-refractivity contribution in [2.75, 3.05) is 0 Å². The summed E-state index contributed by atoms with van der Waals surface area (Å²) in [4.78, 5) is 4.01. The Morgan fingerprint density at radius 3 is 2.33 bits per heavy atom. The fourth-order valence-corrected chi connectivity index (χ4v) is 4.76. The van der Waals surface area contributed by atoms with Gasteiger partial charge in [0.15, 0.2) is 0 Å². The van der Waals surface area contributed by atoms with Gasteiger partial charge in [0, 0.05) is 12.4 Å². The number of aromatic nitrogens is 1. The van der Waals surface area contributed by atoms with E-state index in [0.29, 0.717) is 0 Å². The molecule has 145 valence electrons. The summed E-state index contributed by atoms with van der Waals surface area (Å²) in [5.41, 5.74) is 2.80. The van der Waals surface area contributed by atoms with Gasteiger partial charge in [-0.3, -0.25) is 4.98 Å². The summed E-state index contributed by atoms with van der Waals surface area (Å²) in [6.45, 7) is 0. The summed E-state index contributed by atoms with van der Waals surface area (Å²) >= 11 is 0. The summed E-state index contributed by atoms with van der Waals surface area (Å²) in [6, 6.07) is 27.8. The highest BCUT2D eigenvalue weighted by molar-refractivity contribution is 6.08. The Bertz CT molecular complexity index is 1270. The second-order valence-electron chi connectivity index (χ2n) is 7.74. The van der Waals surface area contributed by atoms with Crippen molar-refractivity contribution in [3.63, 3.8) is 0 Å². The van der Waals surface area contributed by atoms with Crippen LogP contribution in [0.3, 0.4) is 0 Å². The highest BCUT2D eigenvalue weighted by Gasteiger charge is 2.21. The second-order valence-corrected chi connectivity index (χ2v) is 7.97. The molecule has 0 saturated carbocycles. The van der Waals surface area contributed by atoms with Crippen LogP contribution in [-0.2, 0) is 10.8 Å². The Hall–Kier alpha value is -3.01. The highest BCUT2D eigenvalue weighted by Crippen LogP contribution is 2.38. The molecule has 1 atom stereocenters. The number of aryl methyl sites for hydroxylation is 1. The molecule has 1 heterocycles. The zero-order valence-corrected chi connectivity index (χ0v) is 17.7. The van der Waals surface area contributed by atoms with Crippen molar-refractivity contribution in [2.45, 2.75) is 25.4 Å². The molecule has 1 aliphatic carbocycles. The van der Waals surface area contributed by atoms with E-state index in [-0.39, 0.29) is 6.10 Å². The summed E-state index contributed by atoms with van der Waals surface area (Å²) in [5.74, 6) is 0. The molecule has 5 aromatic rings. The van der Waals surface area contributed by atoms with Crippen LogP contribution < -0.4 is 0 Å². The molecule has 0 bridgehead atoms. The molecule has 1 unspecified atom stereocenters. The molecule has 3 heteroatoms. The van der Waals surface area contributed by atoms with Crippen LogP contribution in [0.25, 0.3) is 32.3 Å². The molecule has 30 heavy (non-hydrogen) atoms. The van der Waals surface area contributed by atoms with Crippen LogP contribution in [-0.4, -0.2) is 15.5 Å². The third-order valence-corrected chi connectivity index (χ3v) is 6.29. The number of hydrogen-bond acceptors (Lipinski definition) is 2. The predicted molar refractivity (Wildman–Crippen MR) is 126 cm³/mol. The number of benzene rings is 4. The fraction of sp³-hybridized carbons (Fsp3) is 0.148. The molecule has 0 N–H and O–H groups in total. The summed E-state index contributed by atoms with van der Waals surface area (Å²) in [5, 5.41) is 7.84. The summed E-state index contributed by atoms with van der Waals surface area (Å²) < 4.78 is 5.46. The number of fused-ring (bicyclic) bond motifs is 6. The van der Waals surface area contributed by atoms with E-state index < -0.39 is 0 Å².